The molecule has 0 saturated carbocycles. The summed E-state index contributed by atoms with van der Waals surface area (Å²) < 4.78 is 4.47. The summed E-state index contributed by atoms with van der Waals surface area (Å²) in [5.41, 5.74) is 2.40. The second-order valence-corrected chi connectivity index (χ2v) is 5.23. The van der Waals surface area contributed by atoms with E-state index in [-0.39, 0.29) is 23.1 Å². The molecule has 1 aromatic carbocycles. The number of halogens is 1. The molecule has 18 heavy (non-hydrogen) atoms. The Labute approximate surface area is 121 Å². The van der Waals surface area contributed by atoms with Crippen LogP contribution in [0, 0.1) is 0 Å². The highest BCUT2D eigenvalue weighted by molar-refractivity contribution is 7.99. The minimum atomic E-state index is -0.250. The SMILES string of the molecule is C=CCn1c2[n+](c3ccccc31)CC(O)CS2.[Br-]. The first-order valence-electron chi connectivity index (χ1n) is 5.74. The summed E-state index contributed by atoms with van der Waals surface area (Å²) >= 11 is 1.72. The highest BCUT2D eigenvalue weighted by Crippen LogP contribution is 2.26. The fourth-order valence-electron chi connectivity index (χ4n) is 2.34. The number of allylic oxidation sites excluding steroid dienone is 1. The van der Waals surface area contributed by atoms with Gasteiger partial charge in [0.15, 0.2) is 11.0 Å². The predicted molar refractivity (Wildman–Crippen MR) is 69.1 cm³/mol. The van der Waals surface area contributed by atoms with E-state index in [1.54, 1.807) is 11.8 Å². The van der Waals surface area contributed by atoms with Gasteiger partial charge < -0.3 is 22.1 Å². The molecule has 1 N–H and O–H groups in total. The maximum absolute atomic E-state index is 9.78. The van der Waals surface area contributed by atoms with E-state index >= 15 is 0 Å². The van der Waals surface area contributed by atoms with Crippen LogP contribution in [-0.2, 0) is 13.1 Å². The van der Waals surface area contributed by atoms with Gasteiger partial charge in [0.1, 0.15) is 19.2 Å². The van der Waals surface area contributed by atoms with Crippen molar-refractivity contribution in [2.24, 2.45) is 0 Å². The van der Waals surface area contributed by atoms with Gasteiger partial charge in [0.05, 0.1) is 0 Å². The highest BCUT2D eigenvalue weighted by atomic mass is 79.9. The Morgan fingerprint density at radius 3 is 3.06 bits per heavy atom. The van der Waals surface area contributed by atoms with E-state index in [2.05, 4.69) is 33.9 Å². The molecule has 0 radical (unpaired) electrons. The molecule has 1 aromatic heterocycles. The quantitative estimate of drug-likeness (QED) is 0.542. The largest absolute Gasteiger partial charge is 1.00 e. The van der Waals surface area contributed by atoms with Crippen molar-refractivity contribution in [1.82, 2.24) is 4.57 Å². The van der Waals surface area contributed by atoms with Crippen molar-refractivity contribution in [3.8, 4) is 0 Å². The highest BCUT2D eigenvalue weighted by Gasteiger charge is 2.30. The van der Waals surface area contributed by atoms with Crippen molar-refractivity contribution in [1.29, 1.82) is 0 Å². The minimum absolute atomic E-state index is 0. The van der Waals surface area contributed by atoms with Crippen molar-refractivity contribution in [2.75, 3.05) is 5.75 Å². The normalized spacial score (nSPS) is 18.2. The molecule has 1 unspecified atom stereocenters. The van der Waals surface area contributed by atoms with Gasteiger partial charge in [0.25, 0.3) is 0 Å². The smallest absolute Gasteiger partial charge is 0.319 e. The van der Waals surface area contributed by atoms with E-state index in [9.17, 15) is 5.11 Å². The van der Waals surface area contributed by atoms with Crippen LogP contribution >= 0.6 is 11.8 Å². The summed E-state index contributed by atoms with van der Waals surface area (Å²) in [6.07, 6.45) is 1.67. The number of aromatic nitrogens is 2. The second kappa shape index (κ2) is 5.47. The van der Waals surface area contributed by atoms with E-state index in [4.69, 9.17) is 0 Å². The van der Waals surface area contributed by atoms with Crippen molar-refractivity contribution in [3.63, 3.8) is 0 Å². The number of aliphatic hydroxyl groups excluding tert-OH is 1. The summed E-state index contributed by atoms with van der Waals surface area (Å²) in [5.74, 6) is 0.771. The zero-order chi connectivity index (χ0) is 11.8. The number of aliphatic hydroxyl groups is 1. The minimum Gasteiger partial charge on any atom is -1.00 e. The number of hydrogen-bond donors (Lipinski definition) is 1. The third-order valence-corrected chi connectivity index (χ3v) is 4.29. The van der Waals surface area contributed by atoms with Gasteiger partial charge in [0.2, 0.25) is 0 Å². The maximum Gasteiger partial charge on any atom is 0.319 e. The van der Waals surface area contributed by atoms with Crippen molar-refractivity contribution in [2.45, 2.75) is 24.3 Å². The fraction of sp³-hybridized carbons (Fsp3) is 0.308. The molecule has 1 atom stereocenters. The van der Waals surface area contributed by atoms with Gasteiger partial charge >= 0.3 is 5.16 Å². The maximum atomic E-state index is 9.78. The lowest BCUT2D eigenvalue weighted by molar-refractivity contribution is -0.717. The van der Waals surface area contributed by atoms with Gasteiger partial charge in [-0.1, -0.05) is 24.8 Å². The molecule has 3 nitrogen and oxygen atoms in total. The molecule has 1 aliphatic heterocycles. The third-order valence-electron chi connectivity index (χ3n) is 3.03. The summed E-state index contributed by atoms with van der Waals surface area (Å²) in [6, 6.07) is 8.32. The molecule has 0 bridgehead atoms. The molecule has 0 amide bonds. The molecule has 3 rings (SSSR count). The molecule has 0 fully saturated rings. The number of fused-ring (bicyclic) bond motifs is 3. The Kier molecular flexibility index (Phi) is 4.14. The standard InChI is InChI=1S/C13H15N2OS.BrH/c1-2-7-14-11-5-3-4-6-12(11)15-8-10(16)9-17-13(14)15;/h2-6,10,16H,1,7-9H2;1H/q+1;/p-1. The number of para-hydroxylation sites is 2. The third kappa shape index (κ3) is 2.11. The monoisotopic (exact) mass is 326 g/mol. The molecular formula is C13H15BrN2OS. The Morgan fingerprint density at radius 1 is 1.50 bits per heavy atom. The topological polar surface area (TPSA) is 29.0 Å². The van der Waals surface area contributed by atoms with Crippen LogP contribution in [0.1, 0.15) is 0 Å². The van der Waals surface area contributed by atoms with E-state index in [0.29, 0.717) is 6.54 Å². The first-order valence-corrected chi connectivity index (χ1v) is 6.72. The van der Waals surface area contributed by atoms with Gasteiger partial charge in [-0.15, -0.1) is 0 Å². The molecule has 0 spiro atoms. The summed E-state index contributed by atoms with van der Waals surface area (Å²) in [6.45, 7) is 5.32. The van der Waals surface area contributed by atoms with Crippen molar-refractivity contribution in [3.05, 3.63) is 36.9 Å². The number of nitrogens with zero attached hydrogens (tertiary/aromatic N) is 2. The van der Waals surface area contributed by atoms with Crippen molar-refractivity contribution < 1.29 is 26.7 Å². The van der Waals surface area contributed by atoms with Gasteiger partial charge in [-0.2, -0.15) is 0 Å². The summed E-state index contributed by atoms with van der Waals surface area (Å²) in [7, 11) is 0. The van der Waals surface area contributed by atoms with Gasteiger partial charge in [0, 0.05) is 5.75 Å². The Hall–Kier alpha value is -0.780. The number of thioether (sulfide) groups is 1. The van der Waals surface area contributed by atoms with Crippen molar-refractivity contribution >= 4 is 22.8 Å². The van der Waals surface area contributed by atoms with Crippen LogP contribution in [0.2, 0.25) is 0 Å². The molecule has 96 valence electrons. The number of hydrogen-bond acceptors (Lipinski definition) is 2. The zero-order valence-electron chi connectivity index (χ0n) is 9.92. The lowest BCUT2D eigenvalue weighted by atomic mass is 10.3. The van der Waals surface area contributed by atoms with Gasteiger partial charge in [-0.3, -0.25) is 0 Å². The Morgan fingerprint density at radius 2 is 2.28 bits per heavy atom. The van der Waals surface area contributed by atoms with Crippen LogP contribution in [0.25, 0.3) is 11.0 Å². The molecule has 5 heteroatoms. The van der Waals surface area contributed by atoms with Crippen LogP contribution in [0.4, 0.5) is 0 Å². The van der Waals surface area contributed by atoms with E-state index < -0.39 is 0 Å². The Balaban J connectivity index is 0.00000120. The van der Waals surface area contributed by atoms with Gasteiger partial charge in [-0.05, 0) is 23.9 Å². The average molecular weight is 327 g/mol. The van der Waals surface area contributed by atoms with Crippen LogP contribution in [-0.4, -0.2) is 21.5 Å². The van der Waals surface area contributed by atoms with E-state index in [1.165, 1.54) is 16.2 Å². The van der Waals surface area contributed by atoms with E-state index in [0.717, 1.165) is 12.3 Å². The molecule has 2 heterocycles. The number of rotatable bonds is 2. The molecule has 2 aromatic rings. The summed E-state index contributed by atoms with van der Waals surface area (Å²) in [5, 5.41) is 11.0. The average Bonchev–Trinajstić information content (AvgIpc) is 2.65. The van der Waals surface area contributed by atoms with Crippen LogP contribution in [0.5, 0.6) is 0 Å². The Bertz CT molecular complexity index is 582. The zero-order valence-corrected chi connectivity index (χ0v) is 12.3. The van der Waals surface area contributed by atoms with Crippen LogP contribution in [0.3, 0.4) is 0 Å². The number of imidazole rings is 1. The molecule has 1 aliphatic rings. The predicted octanol–water partition coefficient (Wildman–Crippen LogP) is -1.41. The van der Waals surface area contributed by atoms with E-state index in [1.807, 2.05) is 12.1 Å². The fourth-order valence-corrected chi connectivity index (χ4v) is 3.45. The second-order valence-electron chi connectivity index (χ2n) is 4.25. The summed E-state index contributed by atoms with van der Waals surface area (Å²) in [4.78, 5) is 0. The molecule has 0 saturated heterocycles. The van der Waals surface area contributed by atoms with Crippen LogP contribution < -0.4 is 21.5 Å². The molecule has 0 aliphatic carbocycles. The first kappa shape index (κ1) is 13.6. The van der Waals surface area contributed by atoms with Crippen LogP contribution in [0.15, 0.2) is 42.1 Å². The lowest BCUT2D eigenvalue weighted by Crippen LogP contribution is -3.00. The lowest BCUT2D eigenvalue weighted by Gasteiger charge is -2.14. The molecular weight excluding hydrogens is 312 g/mol. The van der Waals surface area contributed by atoms with Gasteiger partial charge in [-0.25, -0.2) is 9.13 Å². The first-order chi connectivity index (χ1) is 8.31. The number of benzene rings is 1.